The summed E-state index contributed by atoms with van der Waals surface area (Å²) in [6.07, 6.45) is -4.44. The van der Waals surface area contributed by atoms with E-state index in [0.717, 1.165) is 6.07 Å². The first-order chi connectivity index (χ1) is 9.38. The fraction of sp³-hybridized carbons (Fsp3) is 0.154. The minimum Gasteiger partial charge on any atom is -0.445 e. The molecular formula is C13H9F3INO2. The molecule has 20 heavy (non-hydrogen) atoms. The number of furan rings is 1. The molecule has 106 valence electrons. The summed E-state index contributed by atoms with van der Waals surface area (Å²) in [5.41, 5.74) is -0.746. The number of hydrogen-bond donors (Lipinski definition) is 1. The second-order valence-corrected chi connectivity index (χ2v) is 5.00. The van der Waals surface area contributed by atoms with E-state index in [0.29, 0.717) is 3.77 Å². The molecule has 0 aliphatic rings. The molecule has 3 nitrogen and oxygen atoms in total. The molecule has 1 N–H and O–H groups in total. The number of carbonyl (C=O) groups excluding carboxylic acids is 1. The van der Waals surface area contributed by atoms with Crippen LogP contribution in [0.2, 0.25) is 0 Å². The van der Waals surface area contributed by atoms with Gasteiger partial charge in [0, 0.05) is 6.54 Å². The first-order valence-electron chi connectivity index (χ1n) is 5.56. The van der Waals surface area contributed by atoms with E-state index in [1.54, 1.807) is 6.07 Å². The number of amides is 1. The average Bonchev–Trinajstić information content (AvgIpc) is 2.82. The van der Waals surface area contributed by atoms with Crippen molar-refractivity contribution in [3.05, 3.63) is 57.1 Å². The zero-order valence-corrected chi connectivity index (χ0v) is 12.2. The Kier molecular flexibility index (Phi) is 4.36. The summed E-state index contributed by atoms with van der Waals surface area (Å²) in [4.78, 5) is 11.7. The Balaban J connectivity index is 2.10. The van der Waals surface area contributed by atoms with Gasteiger partial charge in [-0.3, -0.25) is 4.79 Å². The number of rotatable bonds is 3. The molecule has 0 radical (unpaired) electrons. The summed E-state index contributed by atoms with van der Waals surface area (Å²) in [5, 5.41) is 2.41. The van der Waals surface area contributed by atoms with Crippen molar-refractivity contribution >= 4 is 28.5 Å². The van der Waals surface area contributed by atoms with E-state index < -0.39 is 17.6 Å². The van der Waals surface area contributed by atoms with Gasteiger partial charge in [-0.05, 0) is 46.4 Å². The van der Waals surface area contributed by atoms with Gasteiger partial charge in [0.2, 0.25) is 0 Å². The second-order valence-electron chi connectivity index (χ2n) is 3.94. The molecule has 0 saturated carbocycles. The van der Waals surface area contributed by atoms with Crippen LogP contribution in [0.4, 0.5) is 13.2 Å². The van der Waals surface area contributed by atoms with Crippen LogP contribution >= 0.6 is 22.6 Å². The highest BCUT2D eigenvalue weighted by atomic mass is 127. The molecule has 1 aromatic heterocycles. The quantitative estimate of drug-likeness (QED) is 0.803. The van der Waals surface area contributed by atoms with Gasteiger partial charge >= 0.3 is 6.18 Å². The Labute approximate surface area is 126 Å². The van der Waals surface area contributed by atoms with Crippen molar-refractivity contribution in [1.29, 1.82) is 0 Å². The third kappa shape index (κ3) is 3.53. The lowest BCUT2D eigenvalue weighted by Gasteiger charge is -2.12. The van der Waals surface area contributed by atoms with Crippen LogP contribution in [0.25, 0.3) is 0 Å². The van der Waals surface area contributed by atoms with Gasteiger partial charge in [0.05, 0.1) is 5.56 Å². The van der Waals surface area contributed by atoms with E-state index in [4.69, 9.17) is 4.42 Å². The molecule has 1 heterocycles. The maximum Gasteiger partial charge on any atom is 0.416 e. The van der Waals surface area contributed by atoms with Gasteiger partial charge in [0.25, 0.3) is 5.91 Å². The number of nitrogens with one attached hydrogen (secondary N) is 1. The highest BCUT2D eigenvalue weighted by Gasteiger charge is 2.32. The van der Waals surface area contributed by atoms with Gasteiger partial charge in [-0.2, -0.15) is 13.2 Å². The smallest absolute Gasteiger partial charge is 0.416 e. The predicted octanol–water partition coefficient (Wildman–Crippen LogP) is 3.83. The van der Waals surface area contributed by atoms with Crippen LogP contribution in [0.3, 0.4) is 0 Å². The molecule has 0 bridgehead atoms. The van der Waals surface area contributed by atoms with Gasteiger partial charge in [0.15, 0.2) is 9.53 Å². The molecule has 0 fully saturated rings. The zero-order valence-electron chi connectivity index (χ0n) is 10.00. The molecule has 1 aromatic carbocycles. The van der Waals surface area contributed by atoms with Crippen molar-refractivity contribution < 1.29 is 22.4 Å². The van der Waals surface area contributed by atoms with Crippen LogP contribution in [0.5, 0.6) is 0 Å². The lowest BCUT2D eigenvalue weighted by molar-refractivity contribution is -0.138. The lowest BCUT2D eigenvalue weighted by atomic mass is 10.1. The molecule has 0 aliphatic heterocycles. The first kappa shape index (κ1) is 14.9. The van der Waals surface area contributed by atoms with E-state index in [1.807, 2.05) is 22.6 Å². The van der Waals surface area contributed by atoms with Crippen molar-refractivity contribution in [1.82, 2.24) is 5.32 Å². The van der Waals surface area contributed by atoms with Crippen LogP contribution in [-0.4, -0.2) is 5.91 Å². The predicted molar refractivity (Wildman–Crippen MR) is 74.0 cm³/mol. The molecule has 0 spiro atoms. The van der Waals surface area contributed by atoms with Crippen molar-refractivity contribution in [2.45, 2.75) is 12.7 Å². The van der Waals surface area contributed by atoms with Crippen molar-refractivity contribution in [2.24, 2.45) is 0 Å². The zero-order chi connectivity index (χ0) is 14.8. The highest BCUT2D eigenvalue weighted by molar-refractivity contribution is 14.1. The molecule has 0 unspecified atom stereocenters. The van der Waals surface area contributed by atoms with Crippen molar-refractivity contribution in [3.8, 4) is 0 Å². The number of benzene rings is 1. The molecule has 0 atom stereocenters. The van der Waals surface area contributed by atoms with Crippen molar-refractivity contribution in [3.63, 3.8) is 0 Å². The minimum absolute atomic E-state index is 0.00889. The Morgan fingerprint density at radius 3 is 2.50 bits per heavy atom. The SMILES string of the molecule is O=C(NCc1ccccc1C(F)(F)F)c1ccc(I)o1. The third-order valence-corrected chi connectivity index (χ3v) is 3.14. The largest absolute Gasteiger partial charge is 0.445 e. The Hall–Kier alpha value is -1.51. The van der Waals surface area contributed by atoms with Crippen LogP contribution in [0.15, 0.2) is 40.8 Å². The van der Waals surface area contributed by atoms with E-state index in [-0.39, 0.29) is 17.9 Å². The lowest BCUT2D eigenvalue weighted by Crippen LogP contribution is -2.24. The summed E-state index contributed by atoms with van der Waals surface area (Å²) in [7, 11) is 0. The topological polar surface area (TPSA) is 42.2 Å². The summed E-state index contributed by atoms with van der Waals surface area (Å²) in [6.45, 7) is -0.216. The number of halogens is 4. The van der Waals surface area contributed by atoms with Gasteiger partial charge in [-0.25, -0.2) is 0 Å². The van der Waals surface area contributed by atoms with Crippen LogP contribution in [0, 0.1) is 3.77 Å². The molecule has 0 aliphatic carbocycles. The summed E-state index contributed by atoms with van der Waals surface area (Å²) >= 11 is 1.89. The van der Waals surface area contributed by atoms with Gasteiger partial charge in [-0.15, -0.1) is 0 Å². The molecule has 0 saturated heterocycles. The van der Waals surface area contributed by atoms with Gasteiger partial charge in [-0.1, -0.05) is 18.2 Å². The summed E-state index contributed by atoms with van der Waals surface area (Å²) < 4.78 is 43.9. The molecule has 7 heteroatoms. The van der Waals surface area contributed by atoms with Crippen LogP contribution in [0.1, 0.15) is 21.7 Å². The summed E-state index contributed by atoms with van der Waals surface area (Å²) in [6, 6.07) is 8.17. The maximum atomic E-state index is 12.8. The fourth-order valence-corrected chi connectivity index (χ4v) is 2.07. The number of alkyl halides is 3. The standard InChI is InChI=1S/C13H9F3INO2/c14-13(15,16)9-4-2-1-3-8(9)7-18-12(19)10-5-6-11(17)20-10/h1-6H,7H2,(H,18,19). The summed E-state index contributed by atoms with van der Waals surface area (Å²) in [5.74, 6) is -0.483. The number of carbonyl (C=O) groups is 1. The van der Waals surface area contributed by atoms with Crippen LogP contribution < -0.4 is 5.32 Å². The van der Waals surface area contributed by atoms with E-state index >= 15 is 0 Å². The third-order valence-electron chi connectivity index (χ3n) is 2.56. The van der Waals surface area contributed by atoms with E-state index in [2.05, 4.69) is 5.32 Å². The van der Waals surface area contributed by atoms with Crippen LogP contribution in [-0.2, 0) is 12.7 Å². The Morgan fingerprint density at radius 1 is 1.20 bits per heavy atom. The molecule has 2 aromatic rings. The van der Waals surface area contributed by atoms with Crippen molar-refractivity contribution in [2.75, 3.05) is 0 Å². The molecular weight excluding hydrogens is 386 g/mol. The van der Waals surface area contributed by atoms with Gasteiger partial charge in [0.1, 0.15) is 0 Å². The first-order valence-corrected chi connectivity index (χ1v) is 6.64. The van der Waals surface area contributed by atoms with E-state index in [1.165, 1.54) is 24.3 Å². The average molecular weight is 395 g/mol. The van der Waals surface area contributed by atoms with E-state index in [9.17, 15) is 18.0 Å². The minimum atomic E-state index is -4.44. The fourth-order valence-electron chi connectivity index (χ4n) is 1.65. The highest BCUT2D eigenvalue weighted by Crippen LogP contribution is 2.31. The Bertz CT molecular complexity index is 622. The molecule has 2 rings (SSSR count). The maximum absolute atomic E-state index is 12.8. The second kappa shape index (κ2) is 5.86. The normalized spacial score (nSPS) is 11.4. The molecule has 1 amide bonds. The number of hydrogen-bond acceptors (Lipinski definition) is 2. The monoisotopic (exact) mass is 395 g/mol. The Morgan fingerprint density at radius 2 is 1.90 bits per heavy atom. The van der Waals surface area contributed by atoms with Gasteiger partial charge < -0.3 is 9.73 Å².